The molecule has 0 aromatic carbocycles. The number of phosphoric acid groups is 2. The van der Waals surface area contributed by atoms with E-state index in [1.54, 1.807) is 0 Å². The molecule has 3 N–H and O–H groups in total. The van der Waals surface area contributed by atoms with E-state index >= 15 is 0 Å². The molecule has 0 bridgehead atoms. The lowest BCUT2D eigenvalue weighted by Crippen LogP contribution is -2.30. The van der Waals surface area contributed by atoms with Gasteiger partial charge in [-0.1, -0.05) is 356 Å². The summed E-state index contributed by atoms with van der Waals surface area (Å²) in [5.74, 6) is -0.602. The Bertz CT molecular complexity index is 1870. The van der Waals surface area contributed by atoms with E-state index in [4.69, 9.17) is 37.0 Å². The van der Waals surface area contributed by atoms with E-state index in [-0.39, 0.29) is 25.7 Å². The monoisotopic (exact) mass is 1420 g/mol. The molecule has 0 spiro atoms. The van der Waals surface area contributed by atoms with Gasteiger partial charge in [0, 0.05) is 25.7 Å². The van der Waals surface area contributed by atoms with Gasteiger partial charge < -0.3 is 33.8 Å². The Balaban J connectivity index is 5.21. The summed E-state index contributed by atoms with van der Waals surface area (Å²) in [5.41, 5.74) is 0. The Labute approximate surface area is 594 Å². The van der Waals surface area contributed by atoms with E-state index in [1.807, 2.05) is 0 Å². The van der Waals surface area contributed by atoms with E-state index in [0.717, 1.165) is 108 Å². The molecular formula is C78H152O17P2. The fraction of sp³-hybridized carbons (Fsp3) is 0.949. The van der Waals surface area contributed by atoms with E-state index < -0.39 is 97.5 Å². The smallest absolute Gasteiger partial charge is 0.462 e. The van der Waals surface area contributed by atoms with Gasteiger partial charge in [0.1, 0.15) is 19.3 Å². The highest BCUT2D eigenvalue weighted by Gasteiger charge is 2.30. The van der Waals surface area contributed by atoms with Gasteiger partial charge in [-0.3, -0.25) is 37.3 Å². The van der Waals surface area contributed by atoms with Gasteiger partial charge >= 0.3 is 39.5 Å². The molecule has 19 heteroatoms. The number of unbranched alkanes of at least 4 members (excludes halogenated alkanes) is 46. The highest BCUT2D eigenvalue weighted by molar-refractivity contribution is 7.47. The maximum atomic E-state index is 13.1. The van der Waals surface area contributed by atoms with Gasteiger partial charge in [-0.15, -0.1) is 0 Å². The number of hydrogen-bond donors (Lipinski definition) is 3. The molecular weight excluding hydrogens is 1270 g/mol. The SMILES string of the molecule is CCCCCCCCCCCCCCCCCCCCCCCC(=O)O[C@H](COC(=O)CCCCCCCCCCCCCCC(C)C)COP(=O)(O)OC[C@@H](O)COP(=O)(O)OC[C@@H](COC(=O)CCCCCCCCC(C)CC)OC(=O)CCCCCCCCCCCCC. The molecule has 97 heavy (non-hydrogen) atoms. The second-order valence-electron chi connectivity index (χ2n) is 28.8. The third kappa shape index (κ3) is 70.9. The third-order valence-corrected chi connectivity index (χ3v) is 20.5. The van der Waals surface area contributed by atoms with Gasteiger partial charge in [0.15, 0.2) is 12.2 Å². The highest BCUT2D eigenvalue weighted by Crippen LogP contribution is 2.45. The molecule has 0 amide bonds. The lowest BCUT2D eigenvalue weighted by molar-refractivity contribution is -0.161. The summed E-state index contributed by atoms with van der Waals surface area (Å²) in [6.45, 7) is 9.57. The molecule has 0 rings (SSSR count). The summed E-state index contributed by atoms with van der Waals surface area (Å²) in [6, 6.07) is 0. The zero-order valence-corrected chi connectivity index (χ0v) is 65.2. The summed E-state index contributed by atoms with van der Waals surface area (Å²) in [6.07, 6.45) is 58.4. The predicted octanol–water partition coefficient (Wildman–Crippen LogP) is 23.1. The maximum absolute atomic E-state index is 13.1. The summed E-state index contributed by atoms with van der Waals surface area (Å²) < 4.78 is 68.6. The molecule has 576 valence electrons. The predicted molar refractivity (Wildman–Crippen MR) is 395 cm³/mol. The van der Waals surface area contributed by atoms with Crippen molar-refractivity contribution in [1.29, 1.82) is 0 Å². The molecule has 6 atom stereocenters. The zero-order valence-electron chi connectivity index (χ0n) is 63.4. The Hall–Kier alpha value is -1.94. The number of carbonyl (C=O) groups is 4. The van der Waals surface area contributed by atoms with Crippen molar-refractivity contribution in [3.8, 4) is 0 Å². The van der Waals surface area contributed by atoms with Crippen molar-refractivity contribution >= 4 is 39.5 Å². The van der Waals surface area contributed by atoms with Crippen LogP contribution in [0.2, 0.25) is 0 Å². The fourth-order valence-electron chi connectivity index (χ4n) is 12.0. The standard InChI is InChI=1S/C78H152O17P2/c1-7-10-12-14-16-18-20-21-22-23-24-25-26-27-28-29-35-39-43-51-57-63-78(83)94-73(66-88-75(80)60-54-48-41-37-34-31-30-33-36-40-46-52-58-70(4)5)68-92-96(84,85)90-64-72(79)65-91-97(86,87)93-69-74(67-89-76(81)61-55-49-45-44-47-53-59-71(6)9-3)95-77(82)62-56-50-42-38-32-19-17-15-13-11-8-2/h70-74,79H,7-69H2,1-6H3,(H,84,85)(H,86,87)/t71?,72-,73-,74-/m1/s1. The first-order chi connectivity index (χ1) is 46.9. The van der Waals surface area contributed by atoms with Gasteiger partial charge in [0.05, 0.1) is 26.4 Å². The highest BCUT2D eigenvalue weighted by atomic mass is 31.2. The number of rotatable bonds is 77. The average molecular weight is 1420 g/mol. The molecule has 0 aliphatic rings. The Morgan fingerprint density at radius 3 is 0.784 bits per heavy atom. The first-order valence-electron chi connectivity index (χ1n) is 40.5. The summed E-state index contributed by atoms with van der Waals surface area (Å²) in [7, 11) is -9.91. The Kier molecular flexibility index (Phi) is 68.4. The van der Waals surface area contributed by atoms with Gasteiger partial charge in [0.2, 0.25) is 0 Å². The van der Waals surface area contributed by atoms with Crippen molar-refractivity contribution in [2.24, 2.45) is 11.8 Å². The van der Waals surface area contributed by atoms with Crippen LogP contribution in [0.5, 0.6) is 0 Å². The van der Waals surface area contributed by atoms with Gasteiger partial charge in [-0.2, -0.15) is 0 Å². The fourth-order valence-corrected chi connectivity index (χ4v) is 13.6. The van der Waals surface area contributed by atoms with Crippen molar-refractivity contribution in [2.45, 2.75) is 426 Å². The van der Waals surface area contributed by atoms with E-state index in [9.17, 15) is 43.2 Å². The second kappa shape index (κ2) is 69.8. The number of carbonyl (C=O) groups excluding carboxylic acids is 4. The molecule has 17 nitrogen and oxygen atoms in total. The van der Waals surface area contributed by atoms with Crippen LogP contribution >= 0.6 is 15.6 Å². The quantitative estimate of drug-likeness (QED) is 0.0222. The Morgan fingerprint density at radius 1 is 0.299 bits per heavy atom. The number of aliphatic hydroxyl groups is 1. The molecule has 0 aliphatic carbocycles. The molecule has 0 heterocycles. The normalized spacial score (nSPS) is 14.2. The third-order valence-electron chi connectivity index (χ3n) is 18.6. The van der Waals surface area contributed by atoms with Gasteiger partial charge in [-0.25, -0.2) is 9.13 Å². The molecule has 0 aromatic heterocycles. The molecule has 0 radical (unpaired) electrons. The minimum Gasteiger partial charge on any atom is -0.462 e. The van der Waals surface area contributed by atoms with Gasteiger partial charge in [-0.05, 0) is 37.5 Å². The first kappa shape index (κ1) is 95.1. The van der Waals surface area contributed by atoms with Crippen LogP contribution in [0.15, 0.2) is 0 Å². The lowest BCUT2D eigenvalue weighted by Gasteiger charge is -2.21. The molecule has 0 fully saturated rings. The minimum atomic E-state index is -4.96. The van der Waals surface area contributed by atoms with Crippen LogP contribution in [-0.2, 0) is 65.4 Å². The first-order valence-corrected chi connectivity index (χ1v) is 43.5. The van der Waals surface area contributed by atoms with Crippen LogP contribution in [0.4, 0.5) is 0 Å². The van der Waals surface area contributed by atoms with E-state index in [1.165, 1.54) is 218 Å². The van der Waals surface area contributed by atoms with E-state index in [0.29, 0.717) is 25.7 Å². The van der Waals surface area contributed by atoms with E-state index in [2.05, 4.69) is 41.5 Å². The Morgan fingerprint density at radius 2 is 0.526 bits per heavy atom. The summed E-state index contributed by atoms with van der Waals surface area (Å²) >= 11 is 0. The minimum absolute atomic E-state index is 0.106. The number of phosphoric ester groups is 2. The van der Waals surface area contributed by atoms with Crippen molar-refractivity contribution in [1.82, 2.24) is 0 Å². The summed E-state index contributed by atoms with van der Waals surface area (Å²) in [4.78, 5) is 72.8. The number of hydrogen-bond acceptors (Lipinski definition) is 15. The topological polar surface area (TPSA) is 237 Å². The number of ether oxygens (including phenoxy) is 4. The number of esters is 4. The van der Waals surface area contributed by atoms with Crippen molar-refractivity contribution in [2.75, 3.05) is 39.6 Å². The largest absolute Gasteiger partial charge is 0.472 e. The van der Waals surface area contributed by atoms with Crippen LogP contribution in [0, 0.1) is 11.8 Å². The average Bonchev–Trinajstić information content (AvgIpc) is 3.64. The molecule has 3 unspecified atom stereocenters. The van der Waals surface area contributed by atoms with Crippen LogP contribution in [-0.4, -0.2) is 96.7 Å². The van der Waals surface area contributed by atoms with Crippen molar-refractivity contribution in [3.05, 3.63) is 0 Å². The summed E-state index contributed by atoms with van der Waals surface area (Å²) in [5, 5.41) is 10.6. The lowest BCUT2D eigenvalue weighted by atomic mass is 10.00. The maximum Gasteiger partial charge on any atom is 0.472 e. The van der Waals surface area contributed by atoms with Crippen molar-refractivity contribution in [3.63, 3.8) is 0 Å². The van der Waals surface area contributed by atoms with Crippen LogP contribution < -0.4 is 0 Å². The molecule has 0 aliphatic heterocycles. The number of aliphatic hydroxyl groups excluding tert-OH is 1. The second-order valence-corrected chi connectivity index (χ2v) is 31.7. The molecule has 0 saturated heterocycles. The van der Waals surface area contributed by atoms with Crippen molar-refractivity contribution < 1.29 is 80.2 Å². The molecule has 0 aromatic rings. The zero-order chi connectivity index (χ0) is 71.4. The van der Waals surface area contributed by atoms with Crippen LogP contribution in [0.3, 0.4) is 0 Å². The van der Waals surface area contributed by atoms with Gasteiger partial charge in [0.25, 0.3) is 0 Å². The molecule has 0 saturated carbocycles. The van der Waals surface area contributed by atoms with Crippen LogP contribution in [0.25, 0.3) is 0 Å². The van der Waals surface area contributed by atoms with Crippen LogP contribution in [0.1, 0.15) is 408 Å².